The highest BCUT2D eigenvalue weighted by molar-refractivity contribution is 7.91. The molecule has 0 aromatic rings. The van der Waals surface area contributed by atoms with Crippen molar-refractivity contribution in [3.8, 4) is 0 Å². The van der Waals surface area contributed by atoms with Crippen LogP contribution in [0.4, 0.5) is 13.2 Å². The Kier molecular flexibility index (Phi) is 7.03. The Bertz CT molecular complexity index is 304. The molecule has 0 fully saturated rings. The number of hydrazine groups is 1. The summed E-state index contributed by atoms with van der Waals surface area (Å²) >= 11 is 0. The highest BCUT2D eigenvalue weighted by Gasteiger charge is 2.28. The van der Waals surface area contributed by atoms with Gasteiger partial charge in [0, 0.05) is 18.2 Å². The second-order valence-corrected chi connectivity index (χ2v) is 6.37. The highest BCUT2D eigenvalue weighted by Crippen LogP contribution is 2.23. The fourth-order valence-electron chi connectivity index (χ4n) is 1.34. The topological polar surface area (TPSA) is 72.2 Å². The van der Waals surface area contributed by atoms with E-state index in [0.29, 0.717) is 12.8 Å². The lowest BCUT2D eigenvalue weighted by Gasteiger charge is -2.16. The first-order chi connectivity index (χ1) is 7.70. The third-order valence-electron chi connectivity index (χ3n) is 2.46. The lowest BCUT2D eigenvalue weighted by molar-refractivity contribution is -0.136. The minimum Gasteiger partial charge on any atom is -0.271 e. The van der Waals surface area contributed by atoms with Crippen LogP contribution in [0.3, 0.4) is 0 Å². The van der Waals surface area contributed by atoms with Crippen LogP contribution >= 0.6 is 0 Å². The van der Waals surface area contributed by atoms with Crippen molar-refractivity contribution >= 4 is 9.84 Å². The van der Waals surface area contributed by atoms with Crippen molar-refractivity contribution < 1.29 is 21.6 Å². The molecule has 0 saturated heterocycles. The molecule has 0 aliphatic carbocycles. The van der Waals surface area contributed by atoms with Crippen molar-refractivity contribution in [1.29, 1.82) is 0 Å². The van der Waals surface area contributed by atoms with Gasteiger partial charge in [-0.3, -0.25) is 11.3 Å². The average Bonchev–Trinajstić information content (AvgIpc) is 2.21. The first-order valence-corrected chi connectivity index (χ1v) is 7.25. The molecule has 1 atom stereocenters. The van der Waals surface area contributed by atoms with E-state index in [1.54, 1.807) is 0 Å². The van der Waals surface area contributed by atoms with Gasteiger partial charge in [0.15, 0.2) is 0 Å². The molecular weight excluding hydrogens is 257 g/mol. The van der Waals surface area contributed by atoms with Crippen LogP contribution in [0.5, 0.6) is 0 Å². The van der Waals surface area contributed by atoms with Crippen LogP contribution in [0.25, 0.3) is 0 Å². The van der Waals surface area contributed by atoms with Crippen LogP contribution in [0.1, 0.15) is 32.6 Å². The summed E-state index contributed by atoms with van der Waals surface area (Å²) in [7, 11) is -3.06. The maximum atomic E-state index is 12.0. The first kappa shape index (κ1) is 16.7. The van der Waals surface area contributed by atoms with Crippen LogP contribution in [0.2, 0.25) is 0 Å². The molecule has 0 aromatic carbocycles. The molecule has 0 spiro atoms. The normalized spacial score (nSPS) is 14.9. The Hall–Kier alpha value is -0.340. The van der Waals surface area contributed by atoms with Crippen molar-refractivity contribution in [2.24, 2.45) is 5.84 Å². The lowest BCUT2D eigenvalue weighted by Crippen LogP contribution is -2.36. The lowest BCUT2D eigenvalue weighted by atomic mass is 10.1. The van der Waals surface area contributed by atoms with Gasteiger partial charge in [-0.05, 0) is 19.3 Å². The molecule has 0 aromatic heterocycles. The van der Waals surface area contributed by atoms with Crippen LogP contribution in [-0.4, -0.2) is 32.1 Å². The monoisotopic (exact) mass is 276 g/mol. The molecule has 104 valence electrons. The van der Waals surface area contributed by atoms with Crippen LogP contribution in [0.15, 0.2) is 0 Å². The Morgan fingerprint density at radius 3 is 2.29 bits per heavy atom. The second-order valence-electron chi connectivity index (χ2n) is 3.90. The number of alkyl halides is 3. The summed E-state index contributed by atoms with van der Waals surface area (Å²) < 4.78 is 58.2. The summed E-state index contributed by atoms with van der Waals surface area (Å²) in [4.78, 5) is 0. The molecule has 1 unspecified atom stereocenters. The zero-order valence-electron chi connectivity index (χ0n) is 9.76. The molecule has 0 aliphatic heterocycles. The molecule has 17 heavy (non-hydrogen) atoms. The summed E-state index contributed by atoms with van der Waals surface area (Å²) in [6.07, 6.45) is -4.60. The summed E-state index contributed by atoms with van der Waals surface area (Å²) in [5.41, 5.74) is 2.28. The third-order valence-corrected chi connectivity index (χ3v) is 4.25. The summed E-state index contributed by atoms with van der Waals surface area (Å²) in [5.74, 6) is 5.16. The molecule has 0 saturated carbocycles. The third kappa shape index (κ3) is 9.37. The van der Waals surface area contributed by atoms with E-state index in [2.05, 4.69) is 5.43 Å². The van der Waals surface area contributed by atoms with Crippen LogP contribution in [0, 0.1) is 0 Å². The molecule has 0 radical (unpaired) electrons. The molecule has 0 heterocycles. The van der Waals surface area contributed by atoms with E-state index in [1.807, 2.05) is 0 Å². The first-order valence-electron chi connectivity index (χ1n) is 5.43. The summed E-state index contributed by atoms with van der Waals surface area (Å²) in [5, 5.41) is 0. The van der Waals surface area contributed by atoms with Crippen molar-refractivity contribution in [2.75, 3.05) is 11.5 Å². The fourth-order valence-corrected chi connectivity index (χ4v) is 2.24. The van der Waals surface area contributed by atoms with Crippen molar-refractivity contribution in [1.82, 2.24) is 5.43 Å². The van der Waals surface area contributed by atoms with Crippen molar-refractivity contribution in [3.63, 3.8) is 0 Å². The van der Waals surface area contributed by atoms with Gasteiger partial charge in [-0.25, -0.2) is 8.42 Å². The average molecular weight is 276 g/mol. The quantitative estimate of drug-likeness (QED) is 0.519. The molecular formula is C9H19F3N2O2S. The van der Waals surface area contributed by atoms with E-state index in [9.17, 15) is 21.6 Å². The van der Waals surface area contributed by atoms with Gasteiger partial charge >= 0.3 is 6.18 Å². The van der Waals surface area contributed by atoms with E-state index in [0.717, 1.165) is 0 Å². The number of sulfone groups is 1. The van der Waals surface area contributed by atoms with Gasteiger partial charge in [0.05, 0.1) is 5.75 Å². The van der Waals surface area contributed by atoms with Crippen molar-refractivity contribution in [2.45, 2.75) is 44.8 Å². The number of nitrogens with two attached hydrogens (primary N) is 1. The molecule has 0 amide bonds. The predicted molar refractivity (Wildman–Crippen MR) is 60.0 cm³/mol. The van der Waals surface area contributed by atoms with Gasteiger partial charge in [0.2, 0.25) is 0 Å². The van der Waals surface area contributed by atoms with E-state index in [-0.39, 0.29) is 17.9 Å². The minimum atomic E-state index is -4.20. The number of hydrogen-bond acceptors (Lipinski definition) is 4. The number of halogens is 3. The highest BCUT2D eigenvalue weighted by atomic mass is 32.2. The maximum absolute atomic E-state index is 12.0. The zero-order chi connectivity index (χ0) is 13.5. The van der Waals surface area contributed by atoms with Gasteiger partial charge in [-0.15, -0.1) is 0 Å². The fraction of sp³-hybridized carbons (Fsp3) is 1.00. The molecule has 0 rings (SSSR count). The predicted octanol–water partition coefficient (Wildman–Crippen LogP) is 1.38. The second kappa shape index (κ2) is 7.17. The van der Waals surface area contributed by atoms with Gasteiger partial charge < -0.3 is 0 Å². The number of rotatable bonds is 8. The van der Waals surface area contributed by atoms with Gasteiger partial charge in [0.1, 0.15) is 9.84 Å². The smallest absolute Gasteiger partial charge is 0.271 e. The van der Waals surface area contributed by atoms with Gasteiger partial charge in [0.25, 0.3) is 0 Å². The minimum absolute atomic E-state index is 0.00625. The summed E-state index contributed by atoms with van der Waals surface area (Å²) in [6.45, 7) is 1.54. The van der Waals surface area contributed by atoms with Crippen LogP contribution in [-0.2, 0) is 9.84 Å². The molecule has 0 aliphatic rings. The van der Waals surface area contributed by atoms with Crippen molar-refractivity contribution in [3.05, 3.63) is 0 Å². The molecule has 8 heteroatoms. The van der Waals surface area contributed by atoms with Gasteiger partial charge in [-0.1, -0.05) is 6.92 Å². The van der Waals surface area contributed by atoms with E-state index >= 15 is 0 Å². The standard InChI is InChI=1S/C9H19F3N2O2S/c1-2-17(15,16)7-3-4-8(14-13)5-6-9(10,11)12/h8,14H,2-7,13H2,1H3. The number of hydrogen-bond donors (Lipinski definition) is 2. The zero-order valence-corrected chi connectivity index (χ0v) is 10.6. The molecule has 3 N–H and O–H groups in total. The maximum Gasteiger partial charge on any atom is 0.389 e. The largest absolute Gasteiger partial charge is 0.389 e. The summed E-state index contributed by atoms with van der Waals surface area (Å²) in [6, 6.07) is -0.497. The SMILES string of the molecule is CCS(=O)(=O)CCCC(CCC(F)(F)F)NN. The number of nitrogens with one attached hydrogen (secondary N) is 1. The Balaban J connectivity index is 3.91. The van der Waals surface area contributed by atoms with E-state index in [1.165, 1.54) is 6.92 Å². The Morgan fingerprint density at radius 2 is 1.88 bits per heavy atom. The molecule has 4 nitrogen and oxygen atoms in total. The Labute approximate surface area is 99.6 Å². The van der Waals surface area contributed by atoms with E-state index in [4.69, 9.17) is 5.84 Å². The van der Waals surface area contributed by atoms with Gasteiger partial charge in [-0.2, -0.15) is 13.2 Å². The Morgan fingerprint density at radius 1 is 1.29 bits per heavy atom. The van der Waals surface area contributed by atoms with Crippen LogP contribution < -0.4 is 11.3 Å². The molecule has 0 bridgehead atoms. The van der Waals surface area contributed by atoms with E-state index < -0.39 is 28.5 Å².